The first-order valence-electron chi connectivity index (χ1n) is 27.3. The standard InChI is InChI=1S/C74H60N2/c1-71(2)55-27-11-9-23-49(55)69-51(25-21-33-61(69)71)67-47-41-39-46(76-65-37-19-15-31-59(65)74(7,8)60-32-16-20-38-66(60)76)44-54(47)68(52-26-22-34-62-70(52)50-24-10-12-28-56(50)72(62,3)4)48-42-40-45(43-53(48)67)75-63-35-17-13-29-57(63)73(5,6)58-30-14-18-36-64(58)75/h9-44H,1-8H3. The molecule has 0 fully saturated rings. The van der Waals surface area contributed by atoms with Crippen molar-refractivity contribution in [3.05, 3.63) is 263 Å². The first-order valence-corrected chi connectivity index (χ1v) is 27.3. The van der Waals surface area contributed by atoms with E-state index in [0.717, 1.165) is 11.4 Å². The maximum absolute atomic E-state index is 2.54. The van der Waals surface area contributed by atoms with Crippen LogP contribution in [-0.2, 0) is 21.7 Å². The number of hydrogen-bond acceptors (Lipinski definition) is 2. The van der Waals surface area contributed by atoms with Crippen LogP contribution in [0.2, 0.25) is 0 Å². The highest BCUT2D eigenvalue weighted by Gasteiger charge is 2.42. The summed E-state index contributed by atoms with van der Waals surface area (Å²) in [5.41, 5.74) is 27.6. The summed E-state index contributed by atoms with van der Waals surface area (Å²) in [6.45, 7) is 19.1. The molecule has 0 aromatic heterocycles. The van der Waals surface area contributed by atoms with E-state index in [4.69, 9.17) is 0 Å². The van der Waals surface area contributed by atoms with Gasteiger partial charge in [-0.2, -0.15) is 0 Å². The largest absolute Gasteiger partial charge is 0.310 e. The fourth-order valence-electron chi connectivity index (χ4n) is 14.9. The Morgan fingerprint density at radius 3 is 0.855 bits per heavy atom. The van der Waals surface area contributed by atoms with Gasteiger partial charge in [-0.3, -0.25) is 0 Å². The molecule has 0 bridgehead atoms. The number of nitrogens with zero attached hydrogens (tertiary/aromatic N) is 2. The Balaban J connectivity index is 1.11. The molecular formula is C74H60N2. The Kier molecular flexibility index (Phi) is 9.21. The van der Waals surface area contributed by atoms with Gasteiger partial charge in [0.2, 0.25) is 0 Å². The maximum Gasteiger partial charge on any atom is 0.0502 e. The predicted molar refractivity (Wildman–Crippen MR) is 321 cm³/mol. The Labute approximate surface area is 447 Å². The summed E-state index contributed by atoms with van der Waals surface area (Å²) in [6, 6.07) is 83.6. The summed E-state index contributed by atoms with van der Waals surface area (Å²) < 4.78 is 0. The van der Waals surface area contributed by atoms with Gasteiger partial charge < -0.3 is 9.80 Å². The number of fused-ring (bicyclic) bond motifs is 12. The van der Waals surface area contributed by atoms with E-state index in [1.54, 1.807) is 0 Å². The summed E-state index contributed by atoms with van der Waals surface area (Å²) >= 11 is 0. The highest BCUT2D eigenvalue weighted by atomic mass is 15.2. The van der Waals surface area contributed by atoms with Crippen molar-refractivity contribution in [2.75, 3.05) is 9.80 Å². The third-order valence-corrected chi connectivity index (χ3v) is 18.6. The van der Waals surface area contributed by atoms with Crippen LogP contribution in [0.25, 0.3) is 66.1 Å². The zero-order valence-electron chi connectivity index (χ0n) is 44.7. The minimum Gasteiger partial charge on any atom is -0.310 e. The molecule has 2 heteroatoms. The maximum atomic E-state index is 2.54. The molecule has 0 N–H and O–H groups in total. The second-order valence-corrected chi connectivity index (χ2v) is 24.0. The third-order valence-electron chi connectivity index (χ3n) is 18.6. The van der Waals surface area contributed by atoms with Gasteiger partial charge in [0.25, 0.3) is 0 Å². The van der Waals surface area contributed by atoms with E-state index < -0.39 is 0 Å². The van der Waals surface area contributed by atoms with Crippen LogP contribution in [0.4, 0.5) is 34.1 Å². The van der Waals surface area contributed by atoms with Gasteiger partial charge in [0, 0.05) is 33.0 Å². The van der Waals surface area contributed by atoms with Crippen molar-refractivity contribution in [2.24, 2.45) is 0 Å². The molecule has 2 nitrogen and oxygen atoms in total. The Hall–Kier alpha value is -8.46. The zero-order chi connectivity index (χ0) is 51.6. The van der Waals surface area contributed by atoms with Crippen LogP contribution in [0.5, 0.6) is 0 Å². The summed E-state index contributed by atoms with van der Waals surface area (Å²) in [6.07, 6.45) is 0. The van der Waals surface area contributed by atoms with Gasteiger partial charge >= 0.3 is 0 Å². The normalized spacial score (nSPS) is 16.3. The van der Waals surface area contributed by atoms with Crippen molar-refractivity contribution in [1.29, 1.82) is 0 Å². The number of rotatable bonds is 4. The SMILES string of the molecule is CC1(C)c2ccccc2N(c2ccc3c(-c4cccc5c4-c4ccccc4C5(C)C)c4cc(N5c6ccccc6C(C)(C)c6ccccc65)ccc4c(-c4cccc5c4-c4ccccc4C5(C)C)c3c2)c2ccccc21. The van der Waals surface area contributed by atoms with Gasteiger partial charge in [-0.25, -0.2) is 0 Å². The molecule has 0 unspecified atom stereocenters. The fraction of sp³-hybridized carbons (Fsp3) is 0.162. The number of hydrogen-bond donors (Lipinski definition) is 0. The topological polar surface area (TPSA) is 6.48 Å². The van der Waals surface area contributed by atoms with Crippen LogP contribution in [-0.4, -0.2) is 0 Å². The minimum absolute atomic E-state index is 0.173. The molecule has 0 saturated carbocycles. The summed E-state index contributed by atoms with van der Waals surface area (Å²) in [7, 11) is 0. The number of benzene rings is 11. The lowest BCUT2D eigenvalue weighted by Gasteiger charge is -2.42. The van der Waals surface area contributed by atoms with Crippen LogP contribution >= 0.6 is 0 Å². The average Bonchev–Trinajstić information content (AvgIpc) is 3.86. The van der Waals surface area contributed by atoms with Crippen molar-refractivity contribution in [3.8, 4) is 44.5 Å². The van der Waals surface area contributed by atoms with Gasteiger partial charge in [0.15, 0.2) is 0 Å². The molecule has 0 spiro atoms. The molecular weight excluding hydrogens is 917 g/mol. The van der Waals surface area contributed by atoms with E-state index in [0.29, 0.717) is 0 Å². The molecule has 76 heavy (non-hydrogen) atoms. The van der Waals surface area contributed by atoms with Crippen LogP contribution in [0.3, 0.4) is 0 Å². The van der Waals surface area contributed by atoms with Crippen molar-refractivity contribution >= 4 is 55.7 Å². The predicted octanol–water partition coefficient (Wildman–Crippen LogP) is 20.2. The van der Waals surface area contributed by atoms with Gasteiger partial charge in [0.1, 0.15) is 0 Å². The summed E-state index contributed by atoms with van der Waals surface area (Å²) in [5.74, 6) is 0. The van der Waals surface area contributed by atoms with Gasteiger partial charge in [-0.05, 0) is 159 Å². The molecule has 366 valence electrons. The van der Waals surface area contributed by atoms with E-state index in [1.165, 1.54) is 133 Å². The average molecular weight is 977 g/mol. The lowest BCUT2D eigenvalue weighted by molar-refractivity contribution is 0.632. The van der Waals surface area contributed by atoms with Gasteiger partial charge in [-0.1, -0.05) is 225 Å². The minimum atomic E-state index is -0.180. The Bertz CT molecular complexity index is 3940. The second-order valence-electron chi connectivity index (χ2n) is 24.0. The van der Waals surface area contributed by atoms with Gasteiger partial charge in [-0.15, -0.1) is 0 Å². The van der Waals surface area contributed by atoms with E-state index in [1.807, 2.05) is 0 Å². The van der Waals surface area contributed by atoms with Crippen molar-refractivity contribution < 1.29 is 0 Å². The lowest BCUT2D eigenvalue weighted by atomic mass is 9.73. The van der Waals surface area contributed by atoms with E-state index in [2.05, 4.69) is 284 Å². The zero-order valence-corrected chi connectivity index (χ0v) is 44.7. The first kappa shape index (κ1) is 45.0. The van der Waals surface area contributed by atoms with Gasteiger partial charge in [0.05, 0.1) is 22.7 Å². The Morgan fingerprint density at radius 1 is 0.224 bits per heavy atom. The van der Waals surface area contributed by atoms with Crippen LogP contribution < -0.4 is 9.80 Å². The number of para-hydroxylation sites is 4. The highest BCUT2D eigenvalue weighted by Crippen LogP contribution is 2.60. The molecule has 0 saturated heterocycles. The van der Waals surface area contributed by atoms with E-state index in [9.17, 15) is 0 Å². The molecule has 0 radical (unpaired) electrons. The lowest BCUT2D eigenvalue weighted by Crippen LogP contribution is -2.30. The fourth-order valence-corrected chi connectivity index (χ4v) is 14.9. The summed E-state index contributed by atoms with van der Waals surface area (Å²) in [4.78, 5) is 5.07. The first-order chi connectivity index (χ1) is 36.8. The smallest absolute Gasteiger partial charge is 0.0502 e. The monoisotopic (exact) mass is 976 g/mol. The molecule has 2 aliphatic carbocycles. The van der Waals surface area contributed by atoms with Crippen LogP contribution in [0, 0.1) is 0 Å². The third kappa shape index (κ3) is 5.88. The highest BCUT2D eigenvalue weighted by molar-refractivity contribution is 6.25. The molecule has 4 aliphatic rings. The van der Waals surface area contributed by atoms with E-state index >= 15 is 0 Å². The molecule has 2 heterocycles. The molecule has 11 aromatic rings. The summed E-state index contributed by atoms with van der Waals surface area (Å²) in [5, 5.41) is 4.95. The van der Waals surface area contributed by atoms with Crippen molar-refractivity contribution in [2.45, 2.75) is 77.0 Å². The van der Waals surface area contributed by atoms with Crippen LogP contribution in [0.15, 0.2) is 218 Å². The van der Waals surface area contributed by atoms with Crippen molar-refractivity contribution in [3.63, 3.8) is 0 Å². The molecule has 0 amide bonds. The number of anilines is 6. The second kappa shape index (κ2) is 15.6. The Morgan fingerprint density at radius 2 is 0.500 bits per heavy atom. The quantitative estimate of drug-likeness (QED) is 0.162. The molecule has 11 aromatic carbocycles. The molecule has 15 rings (SSSR count). The molecule has 2 aliphatic heterocycles. The van der Waals surface area contributed by atoms with Crippen molar-refractivity contribution in [1.82, 2.24) is 0 Å². The molecule has 0 atom stereocenters. The van der Waals surface area contributed by atoms with E-state index in [-0.39, 0.29) is 21.7 Å². The van der Waals surface area contributed by atoms with Crippen LogP contribution in [0.1, 0.15) is 99.9 Å².